The molecule has 4 aromatic carbocycles. The zero-order valence-corrected chi connectivity index (χ0v) is 23.4. The lowest BCUT2D eigenvalue weighted by atomic mass is 10.1. The number of nitrogens with zero attached hydrogens (tertiary/aromatic N) is 3. The maximum atomic E-state index is 13.5. The maximum Gasteiger partial charge on any atom is 0.260 e. The van der Waals surface area contributed by atoms with E-state index in [2.05, 4.69) is 41.4 Å². The molecule has 1 saturated heterocycles. The van der Waals surface area contributed by atoms with E-state index in [-0.39, 0.29) is 11.8 Å². The van der Waals surface area contributed by atoms with E-state index >= 15 is 0 Å². The highest BCUT2D eigenvalue weighted by atomic mass is 16.5. The summed E-state index contributed by atoms with van der Waals surface area (Å²) in [6.07, 6.45) is -0.417. The van der Waals surface area contributed by atoms with Gasteiger partial charge < -0.3 is 19.9 Å². The van der Waals surface area contributed by atoms with Crippen LogP contribution in [0.25, 0.3) is 0 Å². The van der Waals surface area contributed by atoms with Crippen LogP contribution < -0.4 is 19.9 Å². The predicted molar refractivity (Wildman–Crippen MR) is 163 cm³/mol. The monoisotopic (exact) mass is 546 g/mol. The van der Waals surface area contributed by atoms with Gasteiger partial charge in [0.25, 0.3) is 11.8 Å². The Kier molecular flexibility index (Phi) is 7.33. The average molecular weight is 547 g/mol. The number of carbonyl (C=O) groups is 2. The summed E-state index contributed by atoms with van der Waals surface area (Å²) in [5.74, 6) is 0.709. The fourth-order valence-corrected chi connectivity index (χ4v) is 5.75. The van der Waals surface area contributed by atoms with Crippen LogP contribution >= 0.6 is 0 Å². The number of para-hydroxylation sites is 1. The van der Waals surface area contributed by atoms with Gasteiger partial charge in [0.15, 0.2) is 0 Å². The molecule has 0 aromatic heterocycles. The molecule has 1 N–H and O–H groups in total. The standard InChI is InChI=1S/C34H34N4O3/c1-3-41-28-17-15-27(16-18-28)38-32(29-12-5-6-13-30(29)34(38)40)35-26-11-8-10-25(23-26)33(39)37-21-19-36(20-22-37)31-14-7-4-9-24(31)2/h4-18,23,32,35H,3,19-22H2,1-2H3. The summed E-state index contributed by atoms with van der Waals surface area (Å²) in [6, 6.07) is 31.2. The zero-order chi connectivity index (χ0) is 28.3. The van der Waals surface area contributed by atoms with Gasteiger partial charge in [-0.15, -0.1) is 0 Å². The molecule has 0 saturated carbocycles. The molecule has 7 heteroatoms. The van der Waals surface area contributed by atoms with Gasteiger partial charge >= 0.3 is 0 Å². The quantitative estimate of drug-likeness (QED) is 0.302. The van der Waals surface area contributed by atoms with Gasteiger partial charge in [0, 0.05) is 59.9 Å². The topological polar surface area (TPSA) is 65.1 Å². The summed E-state index contributed by atoms with van der Waals surface area (Å²) < 4.78 is 5.60. The first-order valence-corrected chi connectivity index (χ1v) is 14.2. The fraction of sp³-hybridized carbons (Fsp3) is 0.235. The fourth-order valence-electron chi connectivity index (χ4n) is 5.75. The summed E-state index contributed by atoms with van der Waals surface area (Å²) in [5, 5.41) is 3.54. The van der Waals surface area contributed by atoms with Gasteiger partial charge in [-0.05, 0) is 74.0 Å². The Morgan fingerprint density at radius 3 is 2.37 bits per heavy atom. The van der Waals surface area contributed by atoms with Crippen molar-refractivity contribution in [2.24, 2.45) is 0 Å². The van der Waals surface area contributed by atoms with Crippen LogP contribution in [0.1, 0.15) is 44.9 Å². The summed E-state index contributed by atoms with van der Waals surface area (Å²) in [6.45, 7) is 7.58. The Morgan fingerprint density at radius 2 is 1.61 bits per heavy atom. The predicted octanol–water partition coefficient (Wildman–Crippen LogP) is 6.13. The summed E-state index contributed by atoms with van der Waals surface area (Å²) in [4.78, 5) is 33.1. The van der Waals surface area contributed by atoms with Crippen molar-refractivity contribution in [2.45, 2.75) is 20.0 Å². The maximum absolute atomic E-state index is 13.5. The molecular weight excluding hydrogens is 512 g/mol. The van der Waals surface area contributed by atoms with Crippen LogP contribution in [-0.4, -0.2) is 49.5 Å². The molecular formula is C34H34N4O3. The molecule has 2 heterocycles. The molecule has 2 amide bonds. The van der Waals surface area contributed by atoms with Crippen LogP contribution in [0.3, 0.4) is 0 Å². The van der Waals surface area contributed by atoms with E-state index in [4.69, 9.17) is 4.74 Å². The van der Waals surface area contributed by atoms with Crippen LogP contribution in [0.2, 0.25) is 0 Å². The lowest BCUT2D eigenvalue weighted by Crippen LogP contribution is -2.49. The van der Waals surface area contributed by atoms with E-state index in [0.717, 1.165) is 35.8 Å². The number of ether oxygens (including phenoxy) is 1. The van der Waals surface area contributed by atoms with Crippen molar-refractivity contribution in [3.63, 3.8) is 0 Å². The molecule has 2 aliphatic heterocycles. The molecule has 0 aliphatic carbocycles. The van der Waals surface area contributed by atoms with E-state index in [1.54, 1.807) is 4.90 Å². The molecule has 208 valence electrons. The summed E-state index contributed by atoms with van der Waals surface area (Å²) in [7, 11) is 0. The molecule has 0 radical (unpaired) electrons. The molecule has 0 bridgehead atoms. The minimum Gasteiger partial charge on any atom is -0.494 e. The van der Waals surface area contributed by atoms with Crippen LogP contribution in [-0.2, 0) is 0 Å². The van der Waals surface area contributed by atoms with Crippen molar-refractivity contribution < 1.29 is 14.3 Å². The van der Waals surface area contributed by atoms with E-state index in [1.807, 2.05) is 84.6 Å². The molecule has 7 nitrogen and oxygen atoms in total. The van der Waals surface area contributed by atoms with Crippen molar-refractivity contribution >= 4 is 28.9 Å². The average Bonchev–Trinajstić information content (AvgIpc) is 3.29. The number of piperazine rings is 1. The van der Waals surface area contributed by atoms with Crippen molar-refractivity contribution in [1.82, 2.24) is 4.90 Å². The molecule has 4 aromatic rings. The van der Waals surface area contributed by atoms with E-state index in [9.17, 15) is 9.59 Å². The SMILES string of the molecule is CCOc1ccc(N2C(=O)c3ccccc3C2Nc2cccc(C(=O)N3CCN(c4ccccc4C)CC3)c2)cc1. The second-order valence-electron chi connectivity index (χ2n) is 10.4. The first kappa shape index (κ1) is 26.4. The second kappa shape index (κ2) is 11.4. The van der Waals surface area contributed by atoms with Gasteiger partial charge in [0.1, 0.15) is 11.9 Å². The second-order valence-corrected chi connectivity index (χ2v) is 10.4. The number of benzene rings is 4. The van der Waals surface area contributed by atoms with Crippen molar-refractivity contribution in [3.05, 3.63) is 119 Å². The van der Waals surface area contributed by atoms with Gasteiger partial charge in [0.05, 0.1) is 6.61 Å². The largest absolute Gasteiger partial charge is 0.494 e. The summed E-state index contributed by atoms with van der Waals surface area (Å²) >= 11 is 0. The molecule has 1 atom stereocenters. The highest BCUT2D eigenvalue weighted by Gasteiger charge is 2.37. The lowest BCUT2D eigenvalue weighted by molar-refractivity contribution is 0.0746. The summed E-state index contributed by atoms with van der Waals surface area (Å²) in [5.41, 5.74) is 6.22. The van der Waals surface area contributed by atoms with Crippen LogP contribution in [0.4, 0.5) is 17.1 Å². The highest BCUT2D eigenvalue weighted by Crippen LogP contribution is 2.38. The third kappa shape index (κ3) is 5.23. The number of hydrogen-bond donors (Lipinski definition) is 1. The number of aryl methyl sites for hydroxylation is 1. The highest BCUT2D eigenvalue weighted by molar-refractivity contribution is 6.11. The number of rotatable bonds is 7. The third-order valence-electron chi connectivity index (χ3n) is 7.82. The van der Waals surface area contributed by atoms with Gasteiger partial charge in [-0.3, -0.25) is 14.5 Å². The number of fused-ring (bicyclic) bond motifs is 1. The van der Waals surface area contributed by atoms with E-state index in [1.165, 1.54) is 11.3 Å². The van der Waals surface area contributed by atoms with Crippen molar-refractivity contribution in [1.29, 1.82) is 0 Å². The Hall–Kier alpha value is -4.78. The van der Waals surface area contributed by atoms with E-state index < -0.39 is 6.17 Å². The van der Waals surface area contributed by atoms with Gasteiger partial charge in [0.2, 0.25) is 0 Å². The Balaban J connectivity index is 1.20. The van der Waals surface area contributed by atoms with Gasteiger partial charge in [-0.25, -0.2) is 0 Å². The smallest absolute Gasteiger partial charge is 0.260 e. The molecule has 2 aliphatic rings. The van der Waals surface area contributed by atoms with E-state index in [0.29, 0.717) is 30.8 Å². The lowest BCUT2D eigenvalue weighted by Gasteiger charge is -2.37. The molecule has 6 rings (SSSR count). The minimum absolute atomic E-state index is 0.0179. The Bertz CT molecular complexity index is 1560. The van der Waals surface area contributed by atoms with Gasteiger partial charge in [-0.1, -0.05) is 42.5 Å². The Labute approximate surface area is 241 Å². The minimum atomic E-state index is -0.417. The number of anilines is 3. The first-order valence-electron chi connectivity index (χ1n) is 14.2. The third-order valence-corrected chi connectivity index (χ3v) is 7.82. The molecule has 0 spiro atoms. The Morgan fingerprint density at radius 1 is 0.878 bits per heavy atom. The molecule has 1 fully saturated rings. The normalized spacial score (nSPS) is 16.5. The van der Waals surface area contributed by atoms with Crippen LogP contribution in [0.15, 0.2) is 97.1 Å². The number of carbonyl (C=O) groups excluding carboxylic acids is 2. The molecule has 41 heavy (non-hydrogen) atoms. The number of hydrogen-bond acceptors (Lipinski definition) is 5. The zero-order valence-electron chi connectivity index (χ0n) is 23.4. The van der Waals surface area contributed by atoms with Gasteiger partial charge in [-0.2, -0.15) is 0 Å². The van der Waals surface area contributed by atoms with Crippen molar-refractivity contribution in [3.8, 4) is 5.75 Å². The molecule has 1 unspecified atom stereocenters. The number of nitrogens with one attached hydrogen (secondary N) is 1. The van der Waals surface area contributed by atoms with Crippen LogP contribution in [0, 0.1) is 6.92 Å². The van der Waals surface area contributed by atoms with Crippen molar-refractivity contribution in [2.75, 3.05) is 47.9 Å². The first-order chi connectivity index (χ1) is 20.0. The van der Waals surface area contributed by atoms with Crippen LogP contribution in [0.5, 0.6) is 5.75 Å². The number of amides is 2.